The Balaban J connectivity index is 3.07. The summed E-state index contributed by atoms with van der Waals surface area (Å²) in [4.78, 5) is 11.1. The molecule has 2 unspecified atom stereocenters. The summed E-state index contributed by atoms with van der Waals surface area (Å²) in [6.07, 6.45) is 9.88. The number of aliphatic carboxylic acids is 1. The molecule has 0 bridgehead atoms. The Bertz CT molecular complexity index is 425. The highest BCUT2D eigenvalue weighted by atomic mass is 16.4. The van der Waals surface area contributed by atoms with Crippen LogP contribution in [0.25, 0.3) is 0 Å². The lowest BCUT2D eigenvalue weighted by Gasteiger charge is -2.16. The first-order valence-corrected chi connectivity index (χ1v) is 6.53. The van der Waals surface area contributed by atoms with Crippen molar-refractivity contribution < 1.29 is 9.90 Å². The minimum atomic E-state index is -0.764. The average Bonchev–Trinajstić information content (AvgIpc) is 2.57. The van der Waals surface area contributed by atoms with Crippen LogP contribution >= 0.6 is 0 Å². The monoisotopic (exact) mass is 248 g/mol. The Labute approximate surface area is 110 Å². The third-order valence-electron chi connectivity index (χ3n) is 5.17. The summed E-state index contributed by atoms with van der Waals surface area (Å²) in [5, 5.41) is 9.10. The van der Waals surface area contributed by atoms with Gasteiger partial charge >= 0.3 is 5.97 Å². The van der Waals surface area contributed by atoms with E-state index >= 15 is 0 Å². The van der Waals surface area contributed by atoms with Gasteiger partial charge in [-0.1, -0.05) is 45.3 Å². The van der Waals surface area contributed by atoms with Gasteiger partial charge in [0.25, 0.3) is 0 Å². The van der Waals surface area contributed by atoms with E-state index in [4.69, 9.17) is 11.5 Å². The lowest BCUT2D eigenvalue weighted by molar-refractivity contribution is -0.138. The number of terminal acetylenes is 1. The van der Waals surface area contributed by atoms with Gasteiger partial charge in [0, 0.05) is 10.8 Å². The highest BCUT2D eigenvalue weighted by Gasteiger charge is 2.78. The highest BCUT2D eigenvalue weighted by molar-refractivity contribution is 5.70. The molecule has 0 aromatic rings. The van der Waals surface area contributed by atoms with Crippen molar-refractivity contribution in [2.75, 3.05) is 0 Å². The number of rotatable bonds is 5. The molecule has 1 N–H and O–H groups in total. The molecule has 0 spiro atoms. The van der Waals surface area contributed by atoms with Crippen molar-refractivity contribution in [3.8, 4) is 12.3 Å². The van der Waals surface area contributed by atoms with Gasteiger partial charge in [0.15, 0.2) is 0 Å². The van der Waals surface area contributed by atoms with Crippen LogP contribution in [-0.2, 0) is 4.79 Å². The molecule has 0 radical (unpaired) electrons. The summed E-state index contributed by atoms with van der Waals surface area (Å²) >= 11 is 0. The minimum Gasteiger partial charge on any atom is -0.481 e. The standard InChI is InChI=1S/C16H24O2/c1-7-9-12(3)10-16(8-2)14(4,5)15(16,6)11-13(17)18/h2,9H,7,10-11H2,1,3-6H3,(H,17,18)/b12-9+. The maximum Gasteiger partial charge on any atom is 0.303 e. The van der Waals surface area contributed by atoms with E-state index in [-0.39, 0.29) is 22.7 Å². The van der Waals surface area contributed by atoms with E-state index in [0.29, 0.717) is 0 Å². The Morgan fingerprint density at radius 3 is 2.28 bits per heavy atom. The molecular weight excluding hydrogens is 224 g/mol. The third-order valence-corrected chi connectivity index (χ3v) is 5.17. The molecule has 2 nitrogen and oxygen atoms in total. The Morgan fingerprint density at radius 2 is 1.89 bits per heavy atom. The fourth-order valence-electron chi connectivity index (χ4n) is 3.61. The predicted molar refractivity (Wildman–Crippen MR) is 74.1 cm³/mol. The number of carboxylic acid groups (broad SMARTS) is 1. The second kappa shape index (κ2) is 4.46. The van der Waals surface area contributed by atoms with Gasteiger partial charge in [-0.3, -0.25) is 4.79 Å². The van der Waals surface area contributed by atoms with E-state index in [0.717, 1.165) is 12.8 Å². The molecule has 2 atom stereocenters. The van der Waals surface area contributed by atoms with Crippen LogP contribution in [0.2, 0.25) is 0 Å². The quantitative estimate of drug-likeness (QED) is 0.592. The Morgan fingerprint density at radius 1 is 1.33 bits per heavy atom. The minimum absolute atomic E-state index is 0.129. The summed E-state index contributed by atoms with van der Waals surface area (Å²) in [5.41, 5.74) is 0.491. The molecule has 1 aliphatic rings. The summed E-state index contributed by atoms with van der Waals surface area (Å²) in [6.45, 7) is 10.4. The van der Waals surface area contributed by atoms with Crippen LogP contribution < -0.4 is 0 Å². The average molecular weight is 248 g/mol. The van der Waals surface area contributed by atoms with E-state index < -0.39 is 5.97 Å². The number of allylic oxidation sites excluding steroid dienone is 2. The van der Waals surface area contributed by atoms with Crippen LogP contribution in [0.5, 0.6) is 0 Å². The van der Waals surface area contributed by atoms with Crippen molar-refractivity contribution >= 4 is 5.97 Å². The molecule has 0 saturated heterocycles. The normalized spacial score (nSPS) is 33.9. The molecule has 1 fully saturated rings. The predicted octanol–water partition coefficient (Wildman–Crippen LogP) is 3.87. The molecule has 18 heavy (non-hydrogen) atoms. The Hall–Kier alpha value is -1.23. The van der Waals surface area contributed by atoms with Crippen LogP contribution in [0.15, 0.2) is 11.6 Å². The zero-order chi connectivity index (χ0) is 14.2. The molecule has 1 aliphatic carbocycles. The van der Waals surface area contributed by atoms with Gasteiger partial charge in [0.1, 0.15) is 0 Å². The van der Waals surface area contributed by atoms with Crippen molar-refractivity contribution in [2.45, 2.75) is 53.9 Å². The summed E-state index contributed by atoms with van der Waals surface area (Å²) in [7, 11) is 0. The van der Waals surface area contributed by atoms with Crippen molar-refractivity contribution in [3.63, 3.8) is 0 Å². The number of carboxylic acids is 1. The molecule has 0 aromatic heterocycles. The fraction of sp³-hybridized carbons (Fsp3) is 0.688. The van der Waals surface area contributed by atoms with Crippen LogP contribution in [-0.4, -0.2) is 11.1 Å². The smallest absolute Gasteiger partial charge is 0.303 e. The molecule has 0 aliphatic heterocycles. The van der Waals surface area contributed by atoms with Gasteiger partial charge in [-0.25, -0.2) is 0 Å². The molecule has 100 valence electrons. The van der Waals surface area contributed by atoms with Crippen LogP contribution in [0.1, 0.15) is 53.9 Å². The van der Waals surface area contributed by atoms with Crippen molar-refractivity contribution in [1.29, 1.82) is 0 Å². The zero-order valence-corrected chi connectivity index (χ0v) is 12.1. The van der Waals surface area contributed by atoms with Crippen LogP contribution in [0.4, 0.5) is 0 Å². The topological polar surface area (TPSA) is 37.3 Å². The van der Waals surface area contributed by atoms with E-state index in [1.165, 1.54) is 5.57 Å². The summed E-state index contributed by atoms with van der Waals surface area (Å²) < 4.78 is 0. The third kappa shape index (κ3) is 1.77. The maximum absolute atomic E-state index is 11.1. The lowest BCUT2D eigenvalue weighted by atomic mass is 9.86. The summed E-state index contributed by atoms with van der Waals surface area (Å²) in [6, 6.07) is 0. The largest absolute Gasteiger partial charge is 0.481 e. The molecule has 1 saturated carbocycles. The molecule has 0 heterocycles. The number of hydrogen-bond donors (Lipinski definition) is 1. The van der Waals surface area contributed by atoms with Gasteiger partial charge in [0.05, 0.1) is 6.42 Å². The zero-order valence-electron chi connectivity index (χ0n) is 12.1. The molecule has 0 amide bonds. The Kier molecular flexibility index (Phi) is 3.68. The summed E-state index contributed by atoms with van der Waals surface area (Å²) in [5.74, 6) is 2.16. The fourth-order valence-corrected chi connectivity index (χ4v) is 3.61. The van der Waals surface area contributed by atoms with E-state index in [1.807, 2.05) is 6.92 Å². The van der Waals surface area contributed by atoms with Crippen molar-refractivity contribution in [1.82, 2.24) is 0 Å². The van der Waals surface area contributed by atoms with Crippen molar-refractivity contribution in [3.05, 3.63) is 11.6 Å². The van der Waals surface area contributed by atoms with Gasteiger partial charge in [-0.15, -0.1) is 6.42 Å². The van der Waals surface area contributed by atoms with Gasteiger partial charge in [0.2, 0.25) is 0 Å². The number of carbonyl (C=O) groups is 1. The molecular formula is C16H24O2. The molecule has 2 heteroatoms. The first-order chi connectivity index (χ1) is 8.18. The van der Waals surface area contributed by atoms with E-state index in [2.05, 4.69) is 39.7 Å². The second-order valence-electron chi connectivity index (χ2n) is 6.21. The lowest BCUT2D eigenvalue weighted by Crippen LogP contribution is -2.14. The number of hydrogen-bond acceptors (Lipinski definition) is 1. The van der Waals surface area contributed by atoms with E-state index in [1.54, 1.807) is 0 Å². The van der Waals surface area contributed by atoms with Crippen molar-refractivity contribution in [2.24, 2.45) is 16.2 Å². The maximum atomic E-state index is 11.1. The highest BCUT2D eigenvalue weighted by Crippen LogP contribution is 2.81. The first kappa shape index (κ1) is 14.8. The van der Waals surface area contributed by atoms with Gasteiger partial charge in [-0.05, 0) is 25.2 Å². The molecule has 1 rings (SSSR count). The van der Waals surface area contributed by atoms with Crippen LogP contribution in [0, 0.1) is 28.6 Å². The van der Waals surface area contributed by atoms with Crippen LogP contribution in [0.3, 0.4) is 0 Å². The first-order valence-electron chi connectivity index (χ1n) is 6.53. The van der Waals surface area contributed by atoms with Gasteiger partial charge < -0.3 is 5.11 Å². The molecule has 0 aromatic carbocycles. The van der Waals surface area contributed by atoms with E-state index in [9.17, 15) is 4.79 Å². The SMILES string of the molecule is C#CC1(C/C(C)=C/CC)C(C)(C)C1(C)CC(=O)O. The van der Waals surface area contributed by atoms with Gasteiger partial charge in [-0.2, -0.15) is 0 Å². The second-order valence-corrected chi connectivity index (χ2v) is 6.21.